The van der Waals surface area contributed by atoms with Crippen molar-refractivity contribution in [3.05, 3.63) is 104 Å². The first-order valence-electron chi connectivity index (χ1n) is 15.9. The Hall–Kier alpha value is -5.37. The maximum Gasteiger partial charge on any atom is 0.280 e. The molecule has 2 aromatic carbocycles. The molecule has 0 spiro atoms. The van der Waals surface area contributed by atoms with Crippen molar-refractivity contribution >= 4 is 29.2 Å². The van der Waals surface area contributed by atoms with E-state index in [1.807, 2.05) is 49.7 Å². The molecule has 0 atom stereocenters. The van der Waals surface area contributed by atoms with Gasteiger partial charge in [0, 0.05) is 49.4 Å². The molecule has 0 radical (unpaired) electrons. The maximum atomic E-state index is 13.0. The molecular formula is C37H35N7O3. The molecule has 0 saturated carbocycles. The van der Waals surface area contributed by atoms with Crippen LogP contribution in [0.4, 0.5) is 5.69 Å². The van der Waals surface area contributed by atoms with Crippen LogP contribution in [-0.2, 0) is 6.54 Å². The minimum absolute atomic E-state index is 0.0637. The maximum absolute atomic E-state index is 13.0. The Labute approximate surface area is 272 Å². The molecule has 1 saturated heterocycles. The first-order chi connectivity index (χ1) is 22.9. The predicted molar refractivity (Wildman–Crippen MR) is 185 cm³/mol. The molecule has 0 unspecified atom stereocenters. The average molecular weight is 626 g/mol. The third kappa shape index (κ3) is 5.87. The van der Waals surface area contributed by atoms with E-state index in [-0.39, 0.29) is 35.7 Å². The summed E-state index contributed by atoms with van der Waals surface area (Å²) in [6, 6.07) is 14.1. The normalized spacial score (nSPS) is 16.2. The highest BCUT2D eigenvalue weighted by Crippen LogP contribution is 2.37. The summed E-state index contributed by atoms with van der Waals surface area (Å²) in [4.78, 5) is 29.7. The molecule has 0 aliphatic carbocycles. The van der Waals surface area contributed by atoms with Crippen LogP contribution in [0.1, 0.15) is 36.0 Å². The monoisotopic (exact) mass is 625 g/mol. The largest absolute Gasteiger partial charge is 0.434 e. The van der Waals surface area contributed by atoms with Gasteiger partial charge in [-0.15, -0.1) is 0 Å². The quantitative estimate of drug-likeness (QED) is 0.249. The topological polar surface area (TPSA) is 132 Å². The zero-order chi connectivity index (χ0) is 32.5. The molecule has 1 fully saturated rings. The first-order valence-corrected chi connectivity index (χ1v) is 15.9. The van der Waals surface area contributed by atoms with Crippen molar-refractivity contribution in [2.24, 2.45) is 9.98 Å². The Kier molecular flexibility index (Phi) is 8.24. The molecule has 3 aliphatic rings. The molecule has 236 valence electrons. The number of likely N-dealkylation sites (tertiary alicyclic amines) is 1. The number of hydrogen-bond donors (Lipinski definition) is 2. The van der Waals surface area contributed by atoms with Crippen LogP contribution >= 0.6 is 0 Å². The highest BCUT2D eigenvalue weighted by molar-refractivity contribution is 5.86. The number of fused-ring (bicyclic) bond motifs is 3. The molecule has 4 aromatic rings. The van der Waals surface area contributed by atoms with Crippen LogP contribution < -0.4 is 10.9 Å². The number of benzene rings is 2. The molecular weight excluding hydrogens is 590 g/mol. The lowest BCUT2D eigenvalue weighted by Crippen LogP contribution is -2.22. The minimum atomic E-state index is -0.415. The highest BCUT2D eigenvalue weighted by Gasteiger charge is 2.21. The predicted octanol–water partition coefficient (Wildman–Crippen LogP) is 5.89. The second-order valence-electron chi connectivity index (χ2n) is 12.1. The first kappa shape index (κ1) is 30.3. The Morgan fingerprint density at radius 1 is 1.04 bits per heavy atom. The number of rotatable bonds is 8. The number of aliphatic hydroxyl groups excluding tert-OH is 1. The highest BCUT2D eigenvalue weighted by atomic mass is 16.3. The van der Waals surface area contributed by atoms with Gasteiger partial charge in [-0.05, 0) is 91.4 Å². The van der Waals surface area contributed by atoms with E-state index in [0.29, 0.717) is 6.42 Å². The van der Waals surface area contributed by atoms with Crippen molar-refractivity contribution in [1.82, 2.24) is 14.5 Å². The summed E-state index contributed by atoms with van der Waals surface area (Å²) in [5, 5.41) is 22.7. The summed E-state index contributed by atoms with van der Waals surface area (Å²) < 4.78 is 7.34. The van der Waals surface area contributed by atoms with Gasteiger partial charge < -0.3 is 19.4 Å². The third-order valence-corrected chi connectivity index (χ3v) is 9.02. The number of nitrogens with zero attached hydrogens (tertiary/aromatic N) is 6. The molecule has 10 heteroatoms. The fourth-order valence-electron chi connectivity index (χ4n) is 6.52. The third-order valence-electron chi connectivity index (χ3n) is 9.02. The molecule has 0 amide bonds. The lowest BCUT2D eigenvalue weighted by Gasteiger charge is -2.17. The van der Waals surface area contributed by atoms with Gasteiger partial charge in [-0.1, -0.05) is 30.3 Å². The number of aliphatic hydroxyl groups is 1. The average Bonchev–Trinajstić information content (AvgIpc) is 3.66. The molecule has 7 rings (SSSR count). The van der Waals surface area contributed by atoms with Gasteiger partial charge in [0.15, 0.2) is 16.9 Å². The van der Waals surface area contributed by atoms with E-state index < -0.39 is 5.56 Å². The fraction of sp³-hybridized carbons (Fsp3) is 0.270. The Morgan fingerprint density at radius 3 is 2.60 bits per heavy atom. The summed E-state index contributed by atoms with van der Waals surface area (Å²) in [5.41, 5.74) is 8.89. The number of hydrogen-bond acceptors (Lipinski definition) is 9. The van der Waals surface area contributed by atoms with Crippen LogP contribution in [0.2, 0.25) is 0 Å². The van der Waals surface area contributed by atoms with Gasteiger partial charge in [-0.2, -0.15) is 5.26 Å². The van der Waals surface area contributed by atoms with E-state index in [0.717, 1.165) is 64.7 Å². The van der Waals surface area contributed by atoms with Crippen LogP contribution in [0.3, 0.4) is 0 Å². The van der Waals surface area contributed by atoms with Gasteiger partial charge in [0.05, 0.1) is 12.3 Å². The van der Waals surface area contributed by atoms with Crippen molar-refractivity contribution in [2.75, 3.05) is 31.6 Å². The van der Waals surface area contributed by atoms with Crippen molar-refractivity contribution < 1.29 is 9.52 Å². The van der Waals surface area contributed by atoms with E-state index in [1.54, 1.807) is 0 Å². The van der Waals surface area contributed by atoms with E-state index in [9.17, 15) is 15.2 Å². The van der Waals surface area contributed by atoms with Crippen LogP contribution in [-0.4, -0.2) is 58.2 Å². The van der Waals surface area contributed by atoms with Crippen LogP contribution in [0.5, 0.6) is 0 Å². The standard InChI is InChI=1S/C37H35N7O3/c1-23-28(7-5-9-30(23)36-42-33-34(47-36)27(19-38)22-44(15-16-45)37(33)46)29-8-6-10-31(24(29)2)41-35-32-18-25(11-12-39-35)17-26(20-40-32)21-43-13-3-4-14-43/h5-12,17,20,22,45H,3-4,13-16,18,21H2,1-2H3,(H,39,41). The number of aromatic nitrogens is 2. The molecule has 10 nitrogen and oxygen atoms in total. The number of aliphatic imine (C=N–C) groups is 2. The minimum Gasteiger partial charge on any atom is -0.434 e. The van der Waals surface area contributed by atoms with E-state index >= 15 is 0 Å². The van der Waals surface area contributed by atoms with E-state index in [1.165, 1.54) is 34.8 Å². The fourth-order valence-corrected chi connectivity index (χ4v) is 6.52. The summed E-state index contributed by atoms with van der Waals surface area (Å²) in [6.45, 7) is 7.10. The Bertz CT molecular complexity index is 2150. The molecule has 5 heterocycles. The lowest BCUT2D eigenvalue weighted by atomic mass is 9.93. The van der Waals surface area contributed by atoms with Gasteiger partial charge >= 0.3 is 0 Å². The summed E-state index contributed by atoms with van der Waals surface area (Å²) in [6.07, 6.45) is 12.8. The summed E-state index contributed by atoms with van der Waals surface area (Å²) >= 11 is 0. The smallest absolute Gasteiger partial charge is 0.280 e. The molecule has 2 bridgehead atoms. The van der Waals surface area contributed by atoms with Crippen LogP contribution in [0.25, 0.3) is 33.7 Å². The number of oxazole rings is 1. The second kappa shape index (κ2) is 12.8. The molecule has 47 heavy (non-hydrogen) atoms. The summed E-state index contributed by atoms with van der Waals surface area (Å²) in [5.74, 6) is 0.981. The second-order valence-corrected chi connectivity index (χ2v) is 12.1. The summed E-state index contributed by atoms with van der Waals surface area (Å²) in [7, 11) is 0. The Balaban J connectivity index is 1.21. The van der Waals surface area contributed by atoms with E-state index in [2.05, 4.69) is 46.4 Å². The number of nitrogens with one attached hydrogen (secondary N) is 1. The zero-order valence-corrected chi connectivity index (χ0v) is 26.5. The Morgan fingerprint density at radius 2 is 1.81 bits per heavy atom. The number of anilines is 1. The molecule has 2 N–H and O–H groups in total. The molecule has 3 aliphatic heterocycles. The van der Waals surface area contributed by atoms with Crippen molar-refractivity contribution in [3.8, 4) is 28.7 Å². The van der Waals surface area contributed by atoms with Gasteiger partial charge in [-0.25, -0.2) is 9.98 Å². The SMILES string of the molecule is Cc1c(NC2=C3CC(=CC=N2)C=C(CN2CCCC2)C=N3)cccc1-c1cccc(-c2nc3c(=O)n(CCO)cc(C#N)c3o2)c1C. The number of allylic oxidation sites excluding steroid dienone is 3. The molecule has 2 aromatic heterocycles. The number of pyridine rings is 1. The van der Waals surface area contributed by atoms with E-state index in [4.69, 9.17) is 14.4 Å². The zero-order valence-electron chi connectivity index (χ0n) is 26.5. The van der Waals surface area contributed by atoms with Crippen molar-refractivity contribution in [2.45, 2.75) is 39.7 Å². The van der Waals surface area contributed by atoms with Gasteiger partial charge in [-0.3, -0.25) is 14.7 Å². The van der Waals surface area contributed by atoms with Crippen LogP contribution in [0, 0.1) is 25.2 Å². The van der Waals surface area contributed by atoms with Crippen molar-refractivity contribution in [1.29, 1.82) is 5.26 Å². The van der Waals surface area contributed by atoms with Gasteiger partial charge in [0.2, 0.25) is 5.89 Å². The van der Waals surface area contributed by atoms with Gasteiger partial charge in [0.1, 0.15) is 11.6 Å². The van der Waals surface area contributed by atoms with Crippen molar-refractivity contribution in [3.63, 3.8) is 0 Å². The van der Waals surface area contributed by atoms with Gasteiger partial charge in [0.25, 0.3) is 5.56 Å². The van der Waals surface area contributed by atoms with Crippen LogP contribution in [0.15, 0.2) is 96.6 Å². The lowest BCUT2D eigenvalue weighted by molar-refractivity contribution is 0.274. The number of nitriles is 1.